The third-order valence-corrected chi connectivity index (χ3v) is 5.33. The van der Waals surface area contributed by atoms with E-state index in [2.05, 4.69) is 0 Å². The van der Waals surface area contributed by atoms with Gasteiger partial charge < -0.3 is 4.90 Å². The van der Waals surface area contributed by atoms with Crippen molar-refractivity contribution >= 4 is 15.9 Å². The Kier molecular flexibility index (Phi) is 4.45. The maximum Gasteiger partial charge on any atom is 0.253 e. The molecule has 0 unspecified atom stereocenters. The van der Waals surface area contributed by atoms with Crippen molar-refractivity contribution < 1.29 is 13.2 Å². The molecule has 110 valence electrons. The average molecular weight is 296 g/mol. The van der Waals surface area contributed by atoms with Crippen LogP contribution in [-0.4, -0.2) is 50.7 Å². The van der Waals surface area contributed by atoms with Gasteiger partial charge in [0.05, 0.1) is 4.90 Å². The molecule has 0 bridgehead atoms. The van der Waals surface area contributed by atoms with E-state index in [1.807, 2.05) is 0 Å². The van der Waals surface area contributed by atoms with Gasteiger partial charge in [-0.15, -0.1) is 0 Å². The molecule has 0 atom stereocenters. The molecule has 0 radical (unpaired) electrons. The molecule has 1 aromatic carbocycles. The summed E-state index contributed by atoms with van der Waals surface area (Å²) < 4.78 is 26.6. The van der Waals surface area contributed by atoms with Crippen LogP contribution < -0.4 is 0 Å². The van der Waals surface area contributed by atoms with E-state index in [-0.39, 0.29) is 10.8 Å². The second kappa shape index (κ2) is 5.93. The molecule has 6 heteroatoms. The Morgan fingerprint density at radius 2 is 1.80 bits per heavy atom. The molecule has 20 heavy (non-hydrogen) atoms. The normalized spacial score (nSPS) is 16.9. The molecule has 2 rings (SSSR count). The molecular weight excluding hydrogens is 276 g/mol. The fourth-order valence-corrected chi connectivity index (χ4v) is 3.87. The molecule has 1 amide bonds. The minimum absolute atomic E-state index is 0.194. The molecule has 0 aromatic heterocycles. The van der Waals surface area contributed by atoms with Crippen molar-refractivity contribution in [3.63, 3.8) is 0 Å². The first-order chi connectivity index (χ1) is 9.43. The monoisotopic (exact) mass is 296 g/mol. The van der Waals surface area contributed by atoms with Gasteiger partial charge in [0, 0.05) is 32.7 Å². The van der Waals surface area contributed by atoms with E-state index >= 15 is 0 Å². The van der Waals surface area contributed by atoms with Crippen molar-refractivity contribution in [2.75, 3.05) is 27.2 Å². The van der Waals surface area contributed by atoms with Crippen molar-refractivity contribution in [1.82, 2.24) is 9.21 Å². The van der Waals surface area contributed by atoms with Gasteiger partial charge in [0.1, 0.15) is 0 Å². The Morgan fingerprint density at radius 1 is 1.15 bits per heavy atom. The minimum atomic E-state index is -3.48. The summed E-state index contributed by atoms with van der Waals surface area (Å²) in [6, 6.07) is 6.27. The fourth-order valence-electron chi connectivity index (χ4n) is 2.30. The van der Waals surface area contributed by atoms with E-state index in [0.717, 1.165) is 19.3 Å². The Bertz CT molecular complexity index is 590. The largest absolute Gasteiger partial charge is 0.345 e. The number of carbonyl (C=O) groups is 1. The standard InChI is InChI=1S/C14H20N2O3S/c1-15(2)14(17)12-7-6-8-13(11-12)20(18,19)16-9-4-3-5-10-16/h6-8,11H,3-5,9-10H2,1-2H3. The Morgan fingerprint density at radius 3 is 2.40 bits per heavy atom. The van der Waals surface area contributed by atoms with E-state index < -0.39 is 10.0 Å². The predicted molar refractivity (Wildman–Crippen MR) is 77.1 cm³/mol. The van der Waals surface area contributed by atoms with Crippen LogP contribution >= 0.6 is 0 Å². The minimum Gasteiger partial charge on any atom is -0.345 e. The van der Waals surface area contributed by atoms with Crippen molar-refractivity contribution in [1.29, 1.82) is 0 Å². The summed E-state index contributed by atoms with van der Waals surface area (Å²) in [6.45, 7) is 1.13. The van der Waals surface area contributed by atoms with Crippen LogP contribution in [0.2, 0.25) is 0 Å². The number of sulfonamides is 1. The Balaban J connectivity index is 2.32. The van der Waals surface area contributed by atoms with Crippen LogP contribution in [-0.2, 0) is 10.0 Å². The van der Waals surface area contributed by atoms with E-state index in [1.165, 1.54) is 15.3 Å². The topological polar surface area (TPSA) is 57.7 Å². The summed E-state index contributed by atoms with van der Waals surface area (Å²) in [4.78, 5) is 13.6. The second-order valence-electron chi connectivity index (χ2n) is 5.19. The average Bonchev–Trinajstić information content (AvgIpc) is 2.47. The third kappa shape index (κ3) is 3.02. The molecule has 0 saturated carbocycles. The zero-order valence-corrected chi connectivity index (χ0v) is 12.7. The number of carbonyl (C=O) groups excluding carboxylic acids is 1. The van der Waals surface area contributed by atoms with E-state index in [9.17, 15) is 13.2 Å². The van der Waals surface area contributed by atoms with E-state index in [4.69, 9.17) is 0 Å². The van der Waals surface area contributed by atoms with Crippen molar-refractivity contribution in [2.45, 2.75) is 24.2 Å². The number of piperidine rings is 1. The smallest absolute Gasteiger partial charge is 0.253 e. The quantitative estimate of drug-likeness (QED) is 0.850. The summed E-state index contributed by atoms with van der Waals surface area (Å²) in [6.07, 6.45) is 2.87. The SMILES string of the molecule is CN(C)C(=O)c1cccc(S(=O)(=O)N2CCCCC2)c1. The second-order valence-corrected chi connectivity index (χ2v) is 7.13. The number of hydrogen-bond acceptors (Lipinski definition) is 3. The summed E-state index contributed by atoms with van der Waals surface area (Å²) in [7, 11) is -0.187. The van der Waals surface area contributed by atoms with Gasteiger partial charge in [-0.1, -0.05) is 12.5 Å². The number of rotatable bonds is 3. The maximum absolute atomic E-state index is 12.5. The van der Waals surface area contributed by atoms with E-state index in [1.54, 1.807) is 32.3 Å². The molecular formula is C14H20N2O3S. The highest BCUT2D eigenvalue weighted by atomic mass is 32.2. The zero-order chi connectivity index (χ0) is 14.8. The maximum atomic E-state index is 12.5. The van der Waals surface area contributed by atoms with Crippen molar-refractivity contribution in [3.05, 3.63) is 29.8 Å². The van der Waals surface area contributed by atoms with Gasteiger partial charge in [-0.2, -0.15) is 4.31 Å². The summed E-state index contributed by atoms with van der Waals surface area (Å²) in [5.41, 5.74) is 0.396. The molecule has 1 aliphatic heterocycles. The molecule has 1 saturated heterocycles. The van der Waals surface area contributed by atoms with Gasteiger partial charge in [-0.3, -0.25) is 4.79 Å². The Hall–Kier alpha value is -1.40. The summed E-state index contributed by atoms with van der Waals surface area (Å²) in [5, 5.41) is 0. The molecule has 1 aliphatic rings. The van der Waals surface area contributed by atoms with Gasteiger partial charge >= 0.3 is 0 Å². The molecule has 5 nitrogen and oxygen atoms in total. The predicted octanol–water partition coefficient (Wildman–Crippen LogP) is 1.56. The zero-order valence-electron chi connectivity index (χ0n) is 11.9. The lowest BCUT2D eigenvalue weighted by molar-refractivity contribution is 0.0827. The van der Waals surface area contributed by atoms with E-state index in [0.29, 0.717) is 18.7 Å². The van der Waals surface area contributed by atoms with Gasteiger partial charge in [-0.05, 0) is 31.0 Å². The van der Waals surface area contributed by atoms with Crippen LogP contribution in [0.25, 0.3) is 0 Å². The summed E-state index contributed by atoms with van der Waals surface area (Å²) >= 11 is 0. The van der Waals surface area contributed by atoms with Crippen LogP contribution in [0.5, 0.6) is 0 Å². The number of amides is 1. The highest BCUT2D eigenvalue weighted by molar-refractivity contribution is 7.89. The first-order valence-electron chi connectivity index (χ1n) is 6.75. The van der Waals surface area contributed by atoms with Crippen LogP contribution in [0.3, 0.4) is 0 Å². The van der Waals surface area contributed by atoms with Crippen LogP contribution in [0, 0.1) is 0 Å². The molecule has 1 fully saturated rings. The van der Waals surface area contributed by atoms with Gasteiger partial charge in [0.2, 0.25) is 10.0 Å². The molecule has 1 aromatic rings. The number of nitrogens with zero attached hydrogens (tertiary/aromatic N) is 2. The Labute approximate surface area is 120 Å². The van der Waals surface area contributed by atoms with Crippen molar-refractivity contribution in [2.24, 2.45) is 0 Å². The van der Waals surface area contributed by atoms with Gasteiger partial charge in [0.25, 0.3) is 5.91 Å². The van der Waals surface area contributed by atoms with Gasteiger partial charge in [-0.25, -0.2) is 8.42 Å². The number of hydrogen-bond donors (Lipinski definition) is 0. The molecule has 1 heterocycles. The molecule has 0 spiro atoms. The highest BCUT2D eigenvalue weighted by Gasteiger charge is 2.26. The lowest BCUT2D eigenvalue weighted by Gasteiger charge is -2.26. The lowest BCUT2D eigenvalue weighted by atomic mass is 10.2. The van der Waals surface area contributed by atoms with Crippen LogP contribution in [0.15, 0.2) is 29.2 Å². The first kappa shape index (κ1) is 15.0. The third-order valence-electron chi connectivity index (χ3n) is 3.44. The molecule has 0 N–H and O–H groups in total. The van der Waals surface area contributed by atoms with Crippen LogP contribution in [0.1, 0.15) is 29.6 Å². The van der Waals surface area contributed by atoms with Crippen LogP contribution in [0.4, 0.5) is 0 Å². The highest BCUT2D eigenvalue weighted by Crippen LogP contribution is 2.21. The van der Waals surface area contributed by atoms with Crippen molar-refractivity contribution in [3.8, 4) is 0 Å². The lowest BCUT2D eigenvalue weighted by Crippen LogP contribution is -2.35. The fraction of sp³-hybridized carbons (Fsp3) is 0.500. The first-order valence-corrected chi connectivity index (χ1v) is 8.19. The molecule has 0 aliphatic carbocycles. The number of benzene rings is 1. The van der Waals surface area contributed by atoms with Gasteiger partial charge in [0.15, 0.2) is 0 Å². The summed E-state index contributed by atoms with van der Waals surface area (Å²) in [5.74, 6) is -0.194.